The predicted octanol–water partition coefficient (Wildman–Crippen LogP) is 1.15. The van der Waals surface area contributed by atoms with Gasteiger partial charge in [-0.1, -0.05) is 0 Å². The number of halogens is 1. The van der Waals surface area contributed by atoms with Crippen molar-refractivity contribution in [2.24, 2.45) is 0 Å². The fraction of sp³-hybridized carbons (Fsp3) is 0.143. The van der Waals surface area contributed by atoms with Crippen LogP contribution in [0.5, 0.6) is 5.88 Å². The number of rotatable bonds is 1. The van der Waals surface area contributed by atoms with Gasteiger partial charge in [0.25, 0.3) is 0 Å². The van der Waals surface area contributed by atoms with Crippen molar-refractivity contribution in [3.05, 3.63) is 9.64 Å². The number of anilines is 1. The normalized spacial score (nSPS) is 10.6. The Hall–Kier alpha value is -1.05. The summed E-state index contributed by atoms with van der Waals surface area (Å²) in [6, 6.07) is 1.89. The van der Waals surface area contributed by atoms with Crippen molar-refractivity contribution in [3.63, 3.8) is 0 Å². The van der Waals surface area contributed by atoms with Crippen molar-refractivity contribution >= 4 is 39.4 Å². The first kappa shape index (κ1) is 8.54. The molecule has 2 aromatic heterocycles. The third-order valence-corrected chi connectivity index (χ3v) is 2.47. The van der Waals surface area contributed by atoms with Gasteiger partial charge < -0.3 is 10.5 Å². The molecule has 0 aliphatic heterocycles. The average molecular weight is 290 g/mol. The Morgan fingerprint density at radius 1 is 1.62 bits per heavy atom. The number of nitrogens with zero attached hydrogens (tertiary/aromatic N) is 2. The predicted molar refractivity (Wildman–Crippen MR) is 57.6 cm³/mol. The lowest BCUT2D eigenvalue weighted by Gasteiger charge is -2.00. The molecule has 0 radical (unpaired) electrons. The van der Waals surface area contributed by atoms with Crippen LogP contribution in [-0.4, -0.2) is 22.3 Å². The van der Waals surface area contributed by atoms with Crippen LogP contribution >= 0.6 is 22.6 Å². The number of H-pyrrole nitrogens is 1. The molecule has 68 valence electrons. The van der Waals surface area contributed by atoms with E-state index < -0.39 is 0 Å². The highest BCUT2D eigenvalue weighted by Gasteiger charge is 2.08. The lowest BCUT2D eigenvalue weighted by molar-refractivity contribution is 0.396. The molecule has 2 heterocycles. The standard InChI is InChI=1S/C7H7IN4O/c1-13-7-4(8)2-3-5(9)11-12-6(3)10-7/h2H,1H3,(H3,9,10,11,12). The first-order valence-electron chi connectivity index (χ1n) is 3.56. The Labute approximate surface area is 87.8 Å². The van der Waals surface area contributed by atoms with Crippen LogP contribution in [0.1, 0.15) is 0 Å². The molecule has 0 aromatic carbocycles. The summed E-state index contributed by atoms with van der Waals surface area (Å²) in [4.78, 5) is 4.19. The summed E-state index contributed by atoms with van der Waals surface area (Å²) in [7, 11) is 1.58. The average Bonchev–Trinajstić information content (AvgIpc) is 2.47. The van der Waals surface area contributed by atoms with Gasteiger partial charge in [-0.25, -0.2) is 0 Å². The molecule has 6 heteroatoms. The van der Waals surface area contributed by atoms with Gasteiger partial charge in [-0.2, -0.15) is 10.1 Å². The Kier molecular flexibility index (Phi) is 1.98. The van der Waals surface area contributed by atoms with E-state index in [1.54, 1.807) is 7.11 Å². The van der Waals surface area contributed by atoms with Gasteiger partial charge in [0.2, 0.25) is 5.88 Å². The summed E-state index contributed by atoms with van der Waals surface area (Å²) >= 11 is 2.14. The Bertz CT molecular complexity index is 453. The largest absolute Gasteiger partial charge is 0.480 e. The van der Waals surface area contributed by atoms with Crippen molar-refractivity contribution < 1.29 is 4.74 Å². The van der Waals surface area contributed by atoms with E-state index in [1.165, 1.54) is 0 Å². The summed E-state index contributed by atoms with van der Waals surface area (Å²) < 4.78 is 5.97. The maximum absolute atomic E-state index is 5.61. The van der Waals surface area contributed by atoms with Crippen molar-refractivity contribution in [2.45, 2.75) is 0 Å². The van der Waals surface area contributed by atoms with Crippen LogP contribution in [-0.2, 0) is 0 Å². The van der Waals surface area contributed by atoms with E-state index in [-0.39, 0.29) is 0 Å². The molecule has 0 saturated heterocycles. The molecule has 2 aromatic rings. The third kappa shape index (κ3) is 1.30. The first-order valence-corrected chi connectivity index (χ1v) is 4.64. The van der Waals surface area contributed by atoms with E-state index in [1.807, 2.05) is 6.07 Å². The molecule has 0 fully saturated rings. The maximum Gasteiger partial charge on any atom is 0.228 e. The van der Waals surface area contributed by atoms with Gasteiger partial charge in [0.15, 0.2) is 11.5 Å². The number of nitrogen functional groups attached to an aromatic ring is 1. The van der Waals surface area contributed by atoms with Gasteiger partial charge in [-0.05, 0) is 28.7 Å². The molecule has 5 nitrogen and oxygen atoms in total. The van der Waals surface area contributed by atoms with Crippen molar-refractivity contribution in [3.8, 4) is 5.88 Å². The van der Waals surface area contributed by atoms with Gasteiger partial charge in [-0.3, -0.25) is 5.10 Å². The van der Waals surface area contributed by atoms with Crippen molar-refractivity contribution in [1.82, 2.24) is 15.2 Å². The minimum Gasteiger partial charge on any atom is -0.480 e. The van der Waals surface area contributed by atoms with Crippen LogP contribution in [0.15, 0.2) is 6.07 Å². The molecule has 2 rings (SSSR count). The van der Waals surface area contributed by atoms with E-state index in [4.69, 9.17) is 10.5 Å². The molecule has 0 saturated carbocycles. The highest BCUT2D eigenvalue weighted by Crippen LogP contribution is 2.24. The Morgan fingerprint density at radius 2 is 2.38 bits per heavy atom. The van der Waals surface area contributed by atoms with Crippen LogP contribution in [0, 0.1) is 3.57 Å². The number of ether oxygens (including phenoxy) is 1. The molecule has 0 bridgehead atoms. The first-order chi connectivity index (χ1) is 6.22. The second-order valence-electron chi connectivity index (χ2n) is 2.48. The number of pyridine rings is 1. The topological polar surface area (TPSA) is 76.8 Å². The summed E-state index contributed by atoms with van der Waals surface area (Å²) in [5.41, 5.74) is 6.26. The highest BCUT2D eigenvalue weighted by atomic mass is 127. The second kappa shape index (κ2) is 3.02. The second-order valence-corrected chi connectivity index (χ2v) is 3.65. The number of fused-ring (bicyclic) bond motifs is 1. The van der Waals surface area contributed by atoms with Crippen LogP contribution in [0.25, 0.3) is 11.0 Å². The van der Waals surface area contributed by atoms with Gasteiger partial charge >= 0.3 is 0 Å². The molecular weight excluding hydrogens is 283 g/mol. The molecule has 0 unspecified atom stereocenters. The molecule has 0 amide bonds. The van der Waals surface area contributed by atoms with E-state index in [9.17, 15) is 0 Å². The van der Waals surface area contributed by atoms with Gasteiger partial charge in [0.1, 0.15) is 0 Å². The zero-order valence-electron chi connectivity index (χ0n) is 6.84. The lowest BCUT2D eigenvalue weighted by atomic mass is 10.3. The Morgan fingerprint density at radius 3 is 3.08 bits per heavy atom. The van der Waals surface area contributed by atoms with Gasteiger partial charge in [-0.15, -0.1) is 0 Å². The third-order valence-electron chi connectivity index (χ3n) is 1.70. The van der Waals surface area contributed by atoms with Crippen molar-refractivity contribution in [2.75, 3.05) is 12.8 Å². The monoisotopic (exact) mass is 290 g/mol. The van der Waals surface area contributed by atoms with Crippen LogP contribution < -0.4 is 10.5 Å². The summed E-state index contributed by atoms with van der Waals surface area (Å²) in [6.07, 6.45) is 0. The minimum atomic E-state index is 0.461. The molecule has 13 heavy (non-hydrogen) atoms. The van der Waals surface area contributed by atoms with E-state index >= 15 is 0 Å². The lowest BCUT2D eigenvalue weighted by Crippen LogP contribution is -1.91. The molecular formula is C7H7IN4O. The van der Waals surface area contributed by atoms with Crippen LogP contribution in [0.2, 0.25) is 0 Å². The molecule has 0 aliphatic rings. The number of nitrogens with one attached hydrogen (secondary N) is 1. The Balaban J connectivity index is 2.76. The van der Waals surface area contributed by atoms with Crippen molar-refractivity contribution in [1.29, 1.82) is 0 Å². The summed E-state index contributed by atoms with van der Waals surface area (Å²) in [5.74, 6) is 1.04. The maximum atomic E-state index is 5.61. The molecule has 3 N–H and O–H groups in total. The SMILES string of the molecule is COc1nc2[nH]nc(N)c2cc1I. The minimum absolute atomic E-state index is 0.461. The van der Waals surface area contributed by atoms with Crippen LogP contribution in [0.3, 0.4) is 0 Å². The fourth-order valence-electron chi connectivity index (χ4n) is 1.07. The quantitative estimate of drug-likeness (QED) is 0.772. The summed E-state index contributed by atoms with van der Waals surface area (Å²) in [6.45, 7) is 0. The molecule has 0 aliphatic carbocycles. The van der Waals surface area contributed by atoms with E-state index in [0.717, 1.165) is 8.96 Å². The number of methoxy groups -OCH3 is 1. The zero-order chi connectivity index (χ0) is 9.42. The summed E-state index contributed by atoms with van der Waals surface area (Å²) in [5, 5.41) is 7.39. The van der Waals surface area contributed by atoms with E-state index in [2.05, 4.69) is 37.8 Å². The van der Waals surface area contributed by atoms with Gasteiger partial charge in [0.05, 0.1) is 16.1 Å². The highest BCUT2D eigenvalue weighted by molar-refractivity contribution is 14.1. The number of hydrogen-bond acceptors (Lipinski definition) is 4. The molecule has 0 atom stereocenters. The van der Waals surface area contributed by atoms with Gasteiger partial charge in [0, 0.05) is 0 Å². The molecule has 0 spiro atoms. The fourth-order valence-corrected chi connectivity index (χ4v) is 1.72. The van der Waals surface area contributed by atoms with E-state index in [0.29, 0.717) is 17.3 Å². The number of aromatic amines is 1. The smallest absolute Gasteiger partial charge is 0.228 e. The number of hydrogen-bond donors (Lipinski definition) is 2. The zero-order valence-corrected chi connectivity index (χ0v) is 8.99. The number of nitrogens with two attached hydrogens (primary N) is 1. The van der Waals surface area contributed by atoms with Crippen LogP contribution in [0.4, 0.5) is 5.82 Å². The number of aromatic nitrogens is 3.